The molecule has 0 amide bonds. The summed E-state index contributed by atoms with van der Waals surface area (Å²) >= 11 is 0. The summed E-state index contributed by atoms with van der Waals surface area (Å²) in [7, 11) is 1.69. The second kappa shape index (κ2) is 9.66. The predicted molar refractivity (Wildman–Crippen MR) is 93.4 cm³/mol. The van der Waals surface area contributed by atoms with Crippen molar-refractivity contribution in [1.82, 2.24) is 0 Å². The van der Waals surface area contributed by atoms with E-state index in [1.807, 2.05) is 18.4 Å². The molecule has 0 aromatic heterocycles. The van der Waals surface area contributed by atoms with Crippen molar-refractivity contribution in [1.29, 1.82) is 0 Å². The molecule has 22 heavy (non-hydrogen) atoms. The topological polar surface area (TPSA) is 26.3 Å². The molecule has 0 saturated heterocycles. The van der Waals surface area contributed by atoms with Crippen LogP contribution < -0.4 is 4.74 Å². The van der Waals surface area contributed by atoms with Crippen LogP contribution in [-0.4, -0.2) is 13.4 Å². The van der Waals surface area contributed by atoms with Crippen molar-refractivity contribution in [3.05, 3.63) is 29.3 Å². The summed E-state index contributed by atoms with van der Waals surface area (Å²) < 4.78 is 5.47. The van der Waals surface area contributed by atoms with Crippen LogP contribution >= 0.6 is 0 Å². The summed E-state index contributed by atoms with van der Waals surface area (Å²) in [6, 6.07) is 5.56. The highest BCUT2D eigenvalue weighted by atomic mass is 16.5. The number of methoxy groups -OCH3 is 1. The van der Waals surface area contributed by atoms with Gasteiger partial charge in [-0.1, -0.05) is 65.7 Å². The second-order valence-electron chi connectivity index (χ2n) is 6.77. The number of benzene rings is 1. The molecule has 0 aliphatic carbocycles. The van der Waals surface area contributed by atoms with Crippen molar-refractivity contribution in [3.63, 3.8) is 0 Å². The zero-order valence-corrected chi connectivity index (χ0v) is 14.7. The van der Waals surface area contributed by atoms with Gasteiger partial charge >= 0.3 is 0 Å². The quantitative estimate of drug-likeness (QED) is 0.499. The second-order valence-corrected chi connectivity index (χ2v) is 6.77. The van der Waals surface area contributed by atoms with Crippen LogP contribution in [0.3, 0.4) is 0 Å². The molecule has 0 unspecified atom stereocenters. The van der Waals surface area contributed by atoms with E-state index in [0.717, 1.165) is 17.7 Å². The molecule has 0 spiro atoms. The molecule has 0 saturated carbocycles. The number of unbranched alkanes of at least 4 members (excludes halogenated alkanes) is 6. The highest BCUT2D eigenvalue weighted by Gasteiger charge is 2.24. The molecule has 1 aromatic rings. The zero-order valence-electron chi connectivity index (χ0n) is 14.7. The summed E-state index contributed by atoms with van der Waals surface area (Å²) in [6.07, 6.45) is 12.3. The predicted octanol–water partition coefficient (Wildman–Crippen LogP) is 5.57. The van der Waals surface area contributed by atoms with Crippen molar-refractivity contribution in [2.45, 2.75) is 77.6 Å². The van der Waals surface area contributed by atoms with Gasteiger partial charge in [0.2, 0.25) is 6.29 Å². The Bertz CT molecular complexity index is 449. The molecule has 1 rings (SSSR count). The Hall–Kier alpha value is -1.31. The highest BCUT2D eigenvalue weighted by molar-refractivity contribution is 5.76. The maximum atomic E-state index is 10.9. The minimum absolute atomic E-state index is 0.0155. The average molecular weight is 303 g/mol. The third-order valence-corrected chi connectivity index (χ3v) is 4.45. The van der Waals surface area contributed by atoms with Crippen LogP contribution in [0.2, 0.25) is 0 Å². The van der Waals surface area contributed by atoms with Gasteiger partial charge in [-0.15, -0.1) is 0 Å². The van der Waals surface area contributed by atoms with E-state index < -0.39 is 0 Å². The summed E-state index contributed by atoms with van der Waals surface area (Å²) in [5.41, 5.74) is 1.73. The first kappa shape index (κ1) is 18.7. The third kappa shape index (κ3) is 5.82. The van der Waals surface area contributed by atoms with E-state index >= 15 is 0 Å². The van der Waals surface area contributed by atoms with Crippen LogP contribution in [0.15, 0.2) is 18.2 Å². The van der Waals surface area contributed by atoms with Crippen molar-refractivity contribution in [2.24, 2.45) is 0 Å². The molecule has 1 aromatic carbocycles. The Kier molecular flexibility index (Phi) is 8.22. The molecular weight excluding hydrogens is 272 g/mol. The lowest BCUT2D eigenvalue weighted by atomic mass is 9.79. The number of ether oxygens (including phenoxy) is 1. The smallest absolute Gasteiger partial charge is 0.233 e. The van der Waals surface area contributed by atoms with E-state index in [4.69, 9.17) is 4.74 Å². The summed E-state index contributed by atoms with van der Waals surface area (Å²) in [4.78, 5) is 10.9. The Morgan fingerprint density at radius 2 is 1.68 bits per heavy atom. The van der Waals surface area contributed by atoms with Gasteiger partial charge in [0, 0.05) is 11.1 Å². The molecule has 2 nitrogen and oxygen atoms in total. The lowest BCUT2D eigenvalue weighted by molar-refractivity contribution is 0.378. The van der Waals surface area contributed by atoms with Crippen LogP contribution in [0.5, 0.6) is 5.75 Å². The van der Waals surface area contributed by atoms with Crippen LogP contribution in [0, 0.1) is 0 Å². The molecule has 0 bridgehead atoms. The number of rotatable bonds is 11. The molecule has 1 radical (unpaired) electrons. The first-order chi connectivity index (χ1) is 10.5. The normalized spacial score (nSPS) is 11.5. The molecule has 0 heterocycles. The summed E-state index contributed by atoms with van der Waals surface area (Å²) in [6.45, 7) is 6.72. The molecule has 0 aliphatic rings. The van der Waals surface area contributed by atoms with Crippen molar-refractivity contribution in [3.8, 4) is 5.75 Å². The van der Waals surface area contributed by atoms with Gasteiger partial charge in [0.1, 0.15) is 5.75 Å². The summed E-state index contributed by atoms with van der Waals surface area (Å²) in [5, 5.41) is 0. The molecule has 123 valence electrons. The fourth-order valence-electron chi connectivity index (χ4n) is 2.96. The van der Waals surface area contributed by atoms with Crippen LogP contribution in [0.1, 0.15) is 83.3 Å². The fourth-order valence-corrected chi connectivity index (χ4v) is 2.96. The van der Waals surface area contributed by atoms with Crippen molar-refractivity contribution < 1.29 is 9.53 Å². The van der Waals surface area contributed by atoms with Gasteiger partial charge in [-0.25, -0.2) is 0 Å². The Morgan fingerprint density at radius 1 is 1.05 bits per heavy atom. The van der Waals surface area contributed by atoms with Gasteiger partial charge < -0.3 is 4.74 Å². The standard InChI is InChI=1S/C20H31O2/c1-5-6-7-8-9-10-11-14-20(2,3)18-15-17(16-21)12-13-19(18)22-4/h12-13,15H,5-11,14H2,1-4H3. The van der Waals surface area contributed by atoms with Gasteiger partial charge in [0.15, 0.2) is 0 Å². The van der Waals surface area contributed by atoms with Gasteiger partial charge in [0.25, 0.3) is 0 Å². The SMILES string of the molecule is CCCCCCCCCC(C)(C)c1cc([C]=O)ccc1OC. The van der Waals surface area contributed by atoms with E-state index in [-0.39, 0.29) is 5.41 Å². The van der Waals surface area contributed by atoms with E-state index in [9.17, 15) is 4.79 Å². The minimum atomic E-state index is 0.0155. The number of hydrogen-bond acceptors (Lipinski definition) is 2. The highest BCUT2D eigenvalue weighted by Crippen LogP contribution is 2.36. The van der Waals surface area contributed by atoms with Crippen molar-refractivity contribution >= 4 is 6.29 Å². The molecule has 0 atom stereocenters. The lowest BCUT2D eigenvalue weighted by Crippen LogP contribution is -2.18. The lowest BCUT2D eigenvalue weighted by Gasteiger charge is -2.27. The monoisotopic (exact) mass is 303 g/mol. The maximum absolute atomic E-state index is 10.9. The van der Waals surface area contributed by atoms with E-state index in [1.54, 1.807) is 13.2 Å². The molecule has 0 fully saturated rings. The third-order valence-electron chi connectivity index (χ3n) is 4.45. The zero-order chi connectivity index (χ0) is 16.4. The van der Waals surface area contributed by atoms with E-state index in [1.165, 1.54) is 44.9 Å². The number of carbonyl (C=O) groups excluding carboxylic acids is 1. The van der Waals surface area contributed by atoms with Crippen LogP contribution in [0.4, 0.5) is 0 Å². The Labute approximate surface area is 136 Å². The van der Waals surface area contributed by atoms with Gasteiger partial charge in [0.05, 0.1) is 7.11 Å². The molecule has 0 aliphatic heterocycles. The van der Waals surface area contributed by atoms with Crippen LogP contribution in [-0.2, 0) is 10.2 Å². The Morgan fingerprint density at radius 3 is 2.27 bits per heavy atom. The summed E-state index contributed by atoms with van der Waals surface area (Å²) in [5.74, 6) is 0.868. The van der Waals surface area contributed by atoms with Gasteiger partial charge in [-0.3, -0.25) is 4.79 Å². The fraction of sp³-hybridized carbons (Fsp3) is 0.650. The van der Waals surface area contributed by atoms with E-state index in [2.05, 4.69) is 20.8 Å². The largest absolute Gasteiger partial charge is 0.496 e. The van der Waals surface area contributed by atoms with Crippen LogP contribution in [0.25, 0.3) is 0 Å². The first-order valence-corrected chi connectivity index (χ1v) is 8.62. The minimum Gasteiger partial charge on any atom is -0.496 e. The number of hydrogen-bond donors (Lipinski definition) is 0. The maximum Gasteiger partial charge on any atom is 0.233 e. The van der Waals surface area contributed by atoms with Crippen molar-refractivity contribution in [2.75, 3.05) is 7.11 Å². The molecule has 2 heteroatoms. The van der Waals surface area contributed by atoms with Gasteiger partial charge in [-0.05, 0) is 30.0 Å². The first-order valence-electron chi connectivity index (χ1n) is 8.62. The molecule has 0 N–H and O–H groups in total. The average Bonchev–Trinajstić information content (AvgIpc) is 2.53. The molecular formula is C20H31O2. The Balaban J connectivity index is 2.56. The van der Waals surface area contributed by atoms with Gasteiger partial charge in [-0.2, -0.15) is 0 Å². The van der Waals surface area contributed by atoms with E-state index in [0.29, 0.717) is 5.56 Å².